The van der Waals surface area contributed by atoms with E-state index in [1.807, 2.05) is 34.8 Å². The van der Waals surface area contributed by atoms with Crippen LogP contribution in [0, 0.1) is 6.92 Å². The average Bonchev–Trinajstić information content (AvgIpc) is 4.17. The van der Waals surface area contributed by atoms with Gasteiger partial charge in [-0.15, -0.1) is 0 Å². The summed E-state index contributed by atoms with van der Waals surface area (Å²) < 4.78 is 9.95. The van der Waals surface area contributed by atoms with E-state index in [1.165, 1.54) is 0 Å². The highest BCUT2D eigenvalue weighted by Crippen LogP contribution is 2.38. The number of H-pyrrole nitrogens is 3. The first-order valence-electron chi connectivity index (χ1n) is 22.5. The van der Waals surface area contributed by atoms with Crippen molar-refractivity contribution in [2.24, 2.45) is 21.1 Å². The number of hydrogen-bond acceptors (Lipinski definition) is 4. The first-order valence-corrected chi connectivity index (χ1v) is 22.5. The van der Waals surface area contributed by atoms with Gasteiger partial charge in [-0.2, -0.15) is 0 Å². The van der Waals surface area contributed by atoms with Crippen molar-refractivity contribution in [3.05, 3.63) is 178 Å². The standard InChI is InChI=1S/C54H50N10O2/c1-36-35-64(54(66)59-53(36)65)26-8-6-5-7-25-63-33-23-40(24-34-63)52-47-15-13-45(57-47)50(38-19-29-61(3)30-20-38)43-11-9-41(55-43)49(37-17-27-60(2)28-18-37)42-10-12-44(56-42)51(46-14-16-48(52)58-46)39-21-31-62(4)32-22-39/h9-24,27-35H,5-8,25-26H2,1-4H3,(H-,55,56,57,58,59,65,66)/q+2/p+2. The summed E-state index contributed by atoms with van der Waals surface area (Å²) >= 11 is 0. The van der Waals surface area contributed by atoms with Gasteiger partial charge in [0.1, 0.15) is 27.7 Å². The lowest BCUT2D eigenvalue weighted by Crippen LogP contribution is -2.32. The fourth-order valence-electron chi connectivity index (χ4n) is 8.91. The molecule has 326 valence electrons. The van der Waals surface area contributed by atoms with Crippen molar-refractivity contribution >= 4 is 46.4 Å². The molecule has 0 aromatic carbocycles. The molecule has 0 fully saturated rings. The quantitative estimate of drug-likeness (QED) is 0.0919. The molecule has 2 aliphatic rings. The fraction of sp³-hybridized carbons (Fsp3) is 0.185. The van der Waals surface area contributed by atoms with E-state index in [4.69, 9.17) is 9.97 Å². The zero-order valence-corrected chi connectivity index (χ0v) is 37.6. The molecular formula is C54H52N10O2+4. The Labute approximate surface area is 381 Å². The zero-order chi connectivity index (χ0) is 45.3. The number of nitrogens with one attached hydrogen (secondary N) is 3. The van der Waals surface area contributed by atoms with E-state index in [9.17, 15) is 9.59 Å². The van der Waals surface area contributed by atoms with E-state index >= 15 is 0 Å². The van der Waals surface area contributed by atoms with Crippen LogP contribution in [-0.4, -0.2) is 29.5 Å². The van der Waals surface area contributed by atoms with Crippen LogP contribution in [0.4, 0.5) is 0 Å². The van der Waals surface area contributed by atoms with Crippen LogP contribution < -0.4 is 29.5 Å². The third-order valence-electron chi connectivity index (χ3n) is 12.5. The Hall–Kier alpha value is -8.12. The van der Waals surface area contributed by atoms with Gasteiger partial charge in [-0.25, -0.2) is 33.0 Å². The molecule has 8 bridgehead atoms. The minimum Gasteiger partial charge on any atom is -0.354 e. The van der Waals surface area contributed by atoms with Crippen molar-refractivity contribution in [1.82, 2.24) is 29.5 Å². The first kappa shape index (κ1) is 41.9. The van der Waals surface area contributed by atoms with Crippen LogP contribution in [0.25, 0.3) is 90.9 Å². The lowest BCUT2D eigenvalue weighted by molar-refractivity contribution is -0.697. The molecule has 12 heteroatoms. The summed E-state index contributed by atoms with van der Waals surface area (Å²) in [5.41, 5.74) is 15.3. The van der Waals surface area contributed by atoms with E-state index in [-0.39, 0.29) is 11.2 Å². The summed E-state index contributed by atoms with van der Waals surface area (Å²) in [5.74, 6) is 0. The maximum absolute atomic E-state index is 12.2. The van der Waals surface area contributed by atoms with Crippen molar-refractivity contribution in [3.8, 4) is 44.5 Å². The SMILES string of the molecule is Cc1cn(CCCCCC[n+]2ccc(-c3c4ccc([nH]4)c(-c4cc[n+](C)cc4)c4nc(c(-c5cc[n+](C)cc5)c5nc(c(-c6cc[n+](C)cc6)c6ccc3[nH]6)C=C5)C=C4)cc2)c(=O)[nH]c1=O. The number of pyridine rings is 4. The van der Waals surface area contributed by atoms with Gasteiger partial charge in [0.05, 0.1) is 22.8 Å². The van der Waals surface area contributed by atoms with E-state index in [1.54, 1.807) is 17.7 Å². The van der Waals surface area contributed by atoms with Gasteiger partial charge in [-0.1, -0.05) is 6.42 Å². The molecule has 66 heavy (non-hydrogen) atoms. The van der Waals surface area contributed by atoms with Gasteiger partial charge >= 0.3 is 5.69 Å². The molecule has 0 spiro atoms. The first-order chi connectivity index (χ1) is 32.1. The van der Waals surface area contributed by atoms with Crippen molar-refractivity contribution in [2.45, 2.75) is 45.7 Å². The molecule has 0 atom stereocenters. The number of unbranched alkanes of at least 4 members (excludes halogenated alkanes) is 3. The summed E-state index contributed by atoms with van der Waals surface area (Å²) in [5, 5.41) is 0. The van der Waals surface area contributed by atoms with Gasteiger partial charge in [0.2, 0.25) is 0 Å². The second kappa shape index (κ2) is 17.8. The second-order valence-electron chi connectivity index (χ2n) is 17.3. The molecule has 0 radical (unpaired) electrons. The second-order valence-corrected chi connectivity index (χ2v) is 17.3. The summed E-state index contributed by atoms with van der Waals surface area (Å²) in [7, 11) is 6.08. The van der Waals surface area contributed by atoms with Crippen LogP contribution in [0.1, 0.15) is 54.0 Å². The Bertz CT molecular complexity index is 3340. The molecule has 10 heterocycles. The highest BCUT2D eigenvalue weighted by molar-refractivity contribution is 6.00. The van der Waals surface area contributed by atoms with Crippen molar-refractivity contribution in [1.29, 1.82) is 0 Å². The van der Waals surface area contributed by atoms with Gasteiger partial charge in [-0.05, 0) is 90.6 Å². The molecule has 10 rings (SSSR count). The molecule has 0 amide bonds. The van der Waals surface area contributed by atoms with Crippen LogP contribution in [0.5, 0.6) is 0 Å². The van der Waals surface area contributed by atoms with Crippen LogP contribution in [-0.2, 0) is 34.2 Å². The third kappa shape index (κ3) is 8.48. The highest BCUT2D eigenvalue weighted by Gasteiger charge is 2.21. The maximum atomic E-state index is 12.2. The third-order valence-corrected chi connectivity index (χ3v) is 12.5. The van der Waals surface area contributed by atoms with Crippen LogP contribution in [0.2, 0.25) is 0 Å². The molecule has 0 aliphatic carbocycles. The highest BCUT2D eigenvalue weighted by atomic mass is 16.2. The largest absolute Gasteiger partial charge is 0.354 e. The van der Waals surface area contributed by atoms with E-state index in [0.29, 0.717) is 12.1 Å². The van der Waals surface area contributed by atoms with Crippen LogP contribution in [0.15, 0.2) is 138 Å². The number of aryl methyl sites for hydroxylation is 6. The Morgan fingerprint density at radius 1 is 0.470 bits per heavy atom. The molecule has 2 aliphatic heterocycles. The zero-order valence-electron chi connectivity index (χ0n) is 37.6. The number of aromatic nitrogens is 10. The topological polar surface area (TPSA) is 128 Å². The molecule has 0 saturated carbocycles. The Morgan fingerprint density at radius 3 is 1.35 bits per heavy atom. The molecule has 8 aromatic rings. The van der Waals surface area contributed by atoms with Gasteiger partial charge in [-0.3, -0.25) is 9.78 Å². The monoisotopic (exact) mass is 872 g/mol. The average molecular weight is 873 g/mol. The molecule has 12 nitrogen and oxygen atoms in total. The Kier molecular flexibility index (Phi) is 11.3. The number of aromatic amines is 3. The smallest absolute Gasteiger partial charge is 0.328 e. The normalized spacial score (nSPS) is 12.0. The Morgan fingerprint density at radius 2 is 0.864 bits per heavy atom. The summed E-state index contributed by atoms with van der Waals surface area (Å²) in [4.78, 5) is 45.0. The summed E-state index contributed by atoms with van der Waals surface area (Å²) in [6.45, 7) is 3.18. The van der Waals surface area contributed by atoms with Crippen LogP contribution in [0.3, 0.4) is 0 Å². The maximum Gasteiger partial charge on any atom is 0.328 e. The predicted octanol–water partition coefficient (Wildman–Crippen LogP) is 7.50. The molecule has 8 aromatic heterocycles. The number of rotatable bonds is 11. The molecule has 0 saturated heterocycles. The lowest BCUT2D eigenvalue weighted by atomic mass is 10.0. The molecule has 0 unspecified atom stereocenters. The predicted molar refractivity (Wildman–Crippen MR) is 259 cm³/mol. The van der Waals surface area contributed by atoms with Crippen molar-refractivity contribution in [3.63, 3.8) is 0 Å². The number of hydrogen-bond donors (Lipinski definition) is 3. The minimum absolute atomic E-state index is 0.324. The van der Waals surface area contributed by atoms with Gasteiger partial charge < -0.3 is 14.5 Å². The Balaban J connectivity index is 1.11. The minimum atomic E-state index is -0.349. The van der Waals surface area contributed by atoms with E-state index < -0.39 is 0 Å². The summed E-state index contributed by atoms with van der Waals surface area (Å²) in [6, 6.07) is 25.9. The number of fused-ring (bicyclic) bond motifs is 8. The van der Waals surface area contributed by atoms with Gasteiger partial charge in [0, 0.05) is 118 Å². The van der Waals surface area contributed by atoms with Crippen LogP contribution >= 0.6 is 0 Å². The molecule has 3 N–H and O–H groups in total. The fourth-order valence-corrected chi connectivity index (χ4v) is 8.91. The van der Waals surface area contributed by atoms with Gasteiger partial charge in [0.15, 0.2) is 49.6 Å². The van der Waals surface area contributed by atoms with E-state index in [0.717, 1.165) is 122 Å². The lowest BCUT2D eigenvalue weighted by Gasteiger charge is -2.06. The summed E-state index contributed by atoms with van der Waals surface area (Å²) in [6.07, 6.45) is 30.7. The molecular weight excluding hydrogens is 821 g/mol. The van der Waals surface area contributed by atoms with Crippen molar-refractivity contribution in [2.75, 3.05) is 0 Å². The number of nitrogens with zero attached hydrogens (tertiary/aromatic N) is 7. The van der Waals surface area contributed by atoms with Gasteiger partial charge in [0.25, 0.3) is 5.56 Å². The van der Waals surface area contributed by atoms with E-state index in [2.05, 4.69) is 166 Å². The van der Waals surface area contributed by atoms with Crippen molar-refractivity contribution < 1.29 is 18.3 Å².